The van der Waals surface area contributed by atoms with Crippen LogP contribution in [0.15, 0.2) is 0 Å². The van der Waals surface area contributed by atoms with Crippen LogP contribution in [0.1, 0.15) is 53.4 Å². The number of hydrogen-bond donors (Lipinski definition) is 1. The predicted molar refractivity (Wildman–Crippen MR) is 94.7 cm³/mol. The Balaban J connectivity index is 1.99. The zero-order valence-corrected chi connectivity index (χ0v) is 15.9. The lowest BCUT2D eigenvalue weighted by atomic mass is 9.93. The van der Waals surface area contributed by atoms with Crippen LogP contribution >= 0.6 is 11.8 Å². The molecule has 4 unspecified atom stereocenters. The minimum Gasteiger partial charge on any atom is -0.480 e. The fourth-order valence-electron chi connectivity index (χ4n) is 3.87. The SMILES string of the molecule is CC(CSC(=O)C(C)(C)C)C(=O)N(CC(=O)O)C1CC2CCC1C2. The molecule has 6 heteroatoms. The molecule has 2 aliphatic carbocycles. The average molecular weight is 356 g/mol. The third-order valence-corrected chi connectivity index (χ3v) is 6.73. The summed E-state index contributed by atoms with van der Waals surface area (Å²) in [5, 5.41) is 9.28. The van der Waals surface area contributed by atoms with E-state index in [9.17, 15) is 19.5 Å². The summed E-state index contributed by atoms with van der Waals surface area (Å²) in [5.41, 5.74) is -0.432. The molecule has 2 saturated carbocycles. The van der Waals surface area contributed by atoms with Crippen LogP contribution in [0.3, 0.4) is 0 Å². The number of thioether (sulfide) groups is 1. The second-order valence-electron chi connectivity index (χ2n) is 8.35. The lowest BCUT2D eigenvalue weighted by molar-refractivity contribution is -0.148. The molecule has 0 aromatic carbocycles. The molecule has 0 aromatic rings. The maximum absolute atomic E-state index is 12.8. The first-order valence-electron chi connectivity index (χ1n) is 8.79. The molecule has 0 heterocycles. The molecule has 0 radical (unpaired) electrons. The van der Waals surface area contributed by atoms with Crippen LogP contribution in [-0.2, 0) is 14.4 Å². The highest BCUT2D eigenvalue weighted by molar-refractivity contribution is 8.13. The van der Waals surface area contributed by atoms with E-state index in [1.165, 1.54) is 18.2 Å². The topological polar surface area (TPSA) is 74.7 Å². The van der Waals surface area contributed by atoms with Crippen molar-refractivity contribution in [1.29, 1.82) is 0 Å². The van der Waals surface area contributed by atoms with Crippen molar-refractivity contribution in [1.82, 2.24) is 4.90 Å². The Bertz CT molecular complexity index is 514. The number of nitrogens with zero attached hydrogens (tertiary/aromatic N) is 1. The molecule has 0 saturated heterocycles. The number of amides is 1. The van der Waals surface area contributed by atoms with Gasteiger partial charge in [-0.3, -0.25) is 14.4 Å². The minimum atomic E-state index is -0.961. The maximum Gasteiger partial charge on any atom is 0.323 e. The molecular weight excluding hydrogens is 326 g/mol. The van der Waals surface area contributed by atoms with Crippen molar-refractivity contribution in [3.8, 4) is 0 Å². The monoisotopic (exact) mass is 355 g/mol. The lowest BCUT2D eigenvalue weighted by Gasteiger charge is -2.35. The molecule has 5 nitrogen and oxygen atoms in total. The van der Waals surface area contributed by atoms with Gasteiger partial charge in [-0.05, 0) is 31.1 Å². The third-order valence-electron chi connectivity index (χ3n) is 5.19. The second kappa shape index (κ2) is 7.46. The molecule has 4 atom stereocenters. The van der Waals surface area contributed by atoms with Gasteiger partial charge in [-0.1, -0.05) is 45.9 Å². The van der Waals surface area contributed by atoms with Crippen LogP contribution < -0.4 is 0 Å². The van der Waals surface area contributed by atoms with E-state index < -0.39 is 11.4 Å². The Kier molecular flexibility index (Phi) is 6.00. The smallest absolute Gasteiger partial charge is 0.323 e. The number of rotatable bonds is 6. The Morgan fingerprint density at radius 3 is 2.33 bits per heavy atom. The summed E-state index contributed by atoms with van der Waals surface area (Å²) < 4.78 is 0. The van der Waals surface area contributed by atoms with E-state index in [2.05, 4.69) is 0 Å². The molecule has 0 aliphatic heterocycles. The Hall–Kier alpha value is -1.04. The summed E-state index contributed by atoms with van der Waals surface area (Å²) in [6.45, 7) is 7.16. The van der Waals surface area contributed by atoms with Crippen molar-refractivity contribution in [3.63, 3.8) is 0 Å². The van der Waals surface area contributed by atoms with Crippen LogP contribution in [0.5, 0.6) is 0 Å². The summed E-state index contributed by atoms with van der Waals surface area (Å²) in [5.74, 6) is 0.0811. The van der Waals surface area contributed by atoms with Crippen LogP contribution in [-0.4, -0.2) is 45.3 Å². The first-order chi connectivity index (χ1) is 11.1. The van der Waals surface area contributed by atoms with Crippen LogP contribution in [0.2, 0.25) is 0 Å². The maximum atomic E-state index is 12.8. The van der Waals surface area contributed by atoms with Crippen LogP contribution in [0, 0.1) is 23.2 Å². The van der Waals surface area contributed by atoms with E-state index in [-0.39, 0.29) is 29.5 Å². The van der Waals surface area contributed by atoms with Gasteiger partial charge in [-0.15, -0.1) is 0 Å². The summed E-state index contributed by atoms with van der Waals surface area (Å²) in [6, 6.07) is 0.0677. The van der Waals surface area contributed by atoms with Crippen LogP contribution in [0.25, 0.3) is 0 Å². The molecule has 0 aromatic heterocycles. The van der Waals surface area contributed by atoms with Gasteiger partial charge < -0.3 is 10.0 Å². The van der Waals surface area contributed by atoms with Gasteiger partial charge in [0.1, 0.15) is 6.54 Å². The van der Waals surface area contributed by atoms with Crippen molar-refractivity contribution < 1.29 is 19.5 Å². The van der Waals surface area contributed by atoms with Gasteiger partial charge in [0.15, 0.2) is 5.12 Å². The molecule has 136 valence electrons. The average Bonchev–Trinajstić information content (AvgIpc) is 3.10. The Morgan fingerprint density at radius 2 is 1.88 bits per heavy atom. The Labute approximate surface area is 148 Å². The highest BCUT2D eigenvalue weighted by Crippen LogP contribution is 2.46. The second-order valence-corrected chi connectivity index (χ2v) is 9.34. The van der Waals surface area contributed by atoms with Crippen molar-refractivity contribution in [2.75, 3.05) is 12.3 Å². The van der Waals surface area contributed by atoms with Crippen molar-refractivity contribution >= 4 is 28.8 Å². The number of fused-ring (bicyclic) bond motifs is 2. The van der Waals surface area contributed by atoms with Gasteiger partial charge in [0.2, 0.25) is 5.91 Å². The number of carbonyl (C=O) groups excluding carboxylic acids is 2. The number of aliphatic carboxylic acids is 1. The largest absolute Gasteiger partial charge is 0.480 e. The lowest BCUT2D eigenvalue weighted by Crippen LogP contribution is -2.48. The van der Waals surface area contributed by atoms with Crippen LogP contribution in [0.4, 0.5) is 0 Å². The Morgan fingerprint density at radius 1 is 1.21 bits per heavy atom. The van der Waals surface area contributed by atoms with E-state index in [1.807, 2.05) is 20.8 Å². The first-order valence-corrected chi connectivity index (χ1v) is 9.77. The molecule has 0 spiro atoms. The van der Waals surface area contributed by atoms with Crippen molar-refractivity contribution in [2.24, 2.45) is 23.2 Å². The van der Waals surface area contributed by atoms with E-state index in [1.54, 1.807) is 11.8 Å². The van der Waals surface area contributed by atoms with E-state index in [0.717, 1.165) is 19.3 Å². The third kappa shape index (κ3) is 4.52. The summed E-state index contributed by atoms with van der Waals surface area (Å²) in [7, 11) is 0. The molecule has 2 fully saturated rings. The molecule has 2 rings (SSSR count). The standard InChI is InChI=1S/C18H29NO4S/c1-11(10-24-17(23)18(2,3)4)16(22)19(9-15(20)21)14-8-12-5-6-13(14)7-12/h11-14H,5-10H2,1-4H3,(H,20,21). The molecule has 24 heavy (non-hydrogen) atoms. The highest BCUT2D eigenvalue weighted by atomic mass is 32.2. The molecular formula is C18H29NO4S. The predicted octanol–water partition coefficient (Wildman–Crippen LogP) is 3.03. The van der Waals surface area contributed by atoms with Crippen molar-refractivity contribution in [2.45, 2.75) is 59.4 Å². The summed E-state index contributed by atoms with van der Waals surface area (Å²) in [4.78, 5) is 37.7. The summed E-state index contributed by atoms with van der Waals surface area (Å²) >= 11 is 1.18. The molecule has 2 aliphatic rings. The number of carbonyl (C=O) groups is 3. The zero-order chi connectivity index (χ0) is 18.1. The highest BCUT2D eigenvalue weighted by Gasteiger charge is 2.44. The van der Waals surface area contributed by atoms with E-state index in [0.29, 0.717) is 17.6 Å². The quantitative estimate of drug-likeness (QED) is 0.793. The number of hydrogen-bond acceptors (Lipinski definition) is 4. The van der Waals surface area contributed by atoms with Gasteiger partial charge in [0, 0.05) is 23.1 Å². The number of carboxylic acid groups (broad SMARTS) is 1. The van der Waals surface area contributed by atoms with Gasteiger partial charge in [-0.25, -0.2) is 0 Å². The minimum absolute atomic E-state index is 0.0619. The van der Waals surface area contributed by atoms with Gasteiger partial charge in [-0.2, -0.15) is 0 Å². The van der Waals surface area contributed by atoms with Gasteiger partial charge in [0.05, 0.1) is 0 Å². The van der Waals surface area contributed by atoms with Gasteiger partial charge >= 0.3 is 5.97 Å². The van der Waals surface area contributed by atoms with Gasteiger partial charge in [0.25, 0.3) is 0 Å². The summed E-state index contributed by atoms with van der Waals surface area (Å²) in [6.07, 6.45) is 4.37. The zero-order valence-electron chi connectivity index (χ0n) is 15.1. The normalized spacial score (nSPS) is 27.1. The number of carboxylic acids is 1. The first kappa shape index (κ1) is 19.3. The van der Waals surface area contributed by atoms with E-state index in [4.69, 9.17) is 0 Å². The molecule has 1 amide bonds. The fourth-order valence-corrected chi connectivity index (χ4v) is 4.85. The molecule has 1 N–H and O–H groups in total. The molecule has 2 bridgehead atoms. The fraction of sp³-hybridized carbons (Fsp3) is 0.833. The van der Waals surface area contributed by atoms with E-state index >= 15 is 0 Å². The van der Waals surface area contributed by atoms with Crippen molar-refractivity contribution in [3.05, 3.63) is 0 Å².